The Morgan fingerprint density at radius 3 is 2.77 bits per heavy atom. The van der Waals surface area contributed by atoms with Gasteiger partial charge in [-0.1, -0.05) is 25.1 Å². The average Bonchev–Trinajstić information content (AvgIpc) is 2.17. The summed E-state index contributed by atoms with van der Waals surface area (Å²) in [5, 5.41) is 0. The summed E-state index contributed by atoms with van der Waals surface area (Å²) in [7, 11) is 0. The summed E-state index contributed by atoms with van der Waals surface area (Å²) in [6.07, 6.45) is 1.98. The minimum Gasteiger partial charge on any atom is -0.304 e. The van der Waals surface area contributed by atoms with Gasteiger partial charge < -0.3 is 4.84 Å². The summed E-state index contributed by atoms with van der Waals surface area (Å²) in [6, 6.07) is 6.56. The number of rotatable bonds is 4. The van der Waals surface area contributed by atoms with Gasteiger partial charge in [-0.2, -0.15) is 0 Å². The Kier molecular flexibility index (Phi) is 3.93. The quantitative estimate of drug-likeness (QED) is 0.717. The van der Waals surface area contributed by atoms with Crippen molar-refractivity contribution in [3.8, 4) is 0 Å². The molecule has 0 bridgehead atoms. The molecule has 0 aliphatic carbocycles. The Morgan fingerprint density at radius 1 is 1.38 bits per heavy atom. The Hall–Kier alpha value is -0.860. The maximum absolute atomic E-state index is 5.00. The number of nitrogens with two attached hydrogens (primary N) is 1. The van der Waals surface area contributed by atoms with E-state index in [0.717, 1.165) is 12.8 Å². The zero-order chi connectivity index (χ0) is 9.68. The molecule has 1 rings (SSSR count). The van der Waals surface area contributed by atoms with Crippen LogP contribution in [0.25, 0.3) is 0 Å². The van der Waals surface area contributed by atoms with Crippen molar-refractivity contribution in [3.05, 3.63) is 34.9 Å². The molecule has 2 nitrogen and oxygen atoms in total. The van der Waals surface area contributed by atoms with Crippen molar-refractivity contribution in [2.75, 3.05) is 6.61 Å². The van der Waals surface area contributed by atoms with E-state index in [0.29, 0.717) is 6.61 Å². The molecule has 2 N–H and O–H groups in total. The molecule has 0 fully saturated rings. The highest BCUT2D eigenvalue weighted by atomic mass is 16.6. The van der Waals surface area contributed by atoms with E-state index >= 15 is 0 Å². The van der Waals surface area contributed by atoms with Gasteiger partial charge in [0.25, 0.3) is 0 Å². The van der Waals surface area contributed by atoms with Crippen LogP contribution in [0.1, 0.15) is 23.6 Å². The van der Waals surface area contributed by atoms with Crippen molar-refractivity contribution in [2.24, 2.45) is 5.90 Å². The molecule has 2 heteroatoms. The number of hydrogen-bond acceptors (Lipinski definition) is 2. The fourth-order valence-electron chi connectivity index (χ4n) is 1.38. The predicted molar refractivity (Wildman–Crippen MR) is 54.4 cm³/mol. The molecule has 0 unspecified atom stereocenters. The monoisotopic (exact) mass is 179 g/mol. The first kappa shape index (κ1) is 10.2. The maximum atomic E-state index is 5.00. The summed E-state index contributed by atoms with van der Waals surface area (Å²) < 4.78 is 0. The van der Waals surface area contributed by atoms with Crippen molar-refractivity contribution in [3.63, 3.8) is 0 Å². The Bertz CT molecular complexity index is 271. The van der Waals surface area contributed by atoms with E-state index in [2.05, 4.69) is 36.9 Å². The zero-order valence-corrected chi connectivity index (χ0v) is 8.34. The van der Waals surface area contributed by atoms with Crippen LogP contribution in [0.4, 0.5) is 0 Å². The molecule has 0 saturated carbocycles. The van der Waals surface area contributed by atoms with Gasteiger partial charge in [-0.25, -0.2) is 5.90 Å². The van der Waals surface area contributed by atoms with Gasteiger partial charge in [-0.15, -0.1) is 0 Å². The van der Waals surface area contributed by atoms with E-state index < -0.39 is 0 Å². The predicted octanol–water partition coefficient (Wildman–Crippen LogP) is 1.99. The van der Waals surface area contributed by atoms with Crippen molar-refractivity contribution < 1.29 is 4.84 Å². The third-order valence-electron chi connectivity index (χ3n) is 2.31. The Balaban J connectivity index is 2.78. The molecule has 0 atom stereocenters. The molecule has 0 radical (unpaired) electrons. The smallest absolute Gasteiger partial charge is 0.0719 e. The van der Waals surface area contributed by atoms with Gasteiger partial charge in [0.2, 0.25) is 0 Å². The highest BCUT2D eigenvalue weighted by Gasteiger charge is 1.99. The molecule has 0 saturated heterocycles. The minimum absolute atomic E-state index is 0.591. The number of benzene rings is 1. The van der Waals surface area contributed by atoms with E-state index in [9.17, 15) is 0 Å². The van der Waals surface area contributed by atoms with Crippen LogP contribution in [0.2, 0.25) is 0 Å². The van der Waals surface area contributed by atoms with E-state index in [1.165, 1.54) is 16.7 Å². The fraction of sp³-hybridized carbons (Fsp3) is 0.455. The third kappa shape index (κ3) is 2.83. The van der Waals surface area contributed by atoms with Crippen LogP contribution in [-0.4, -0.2) is 6.61 Å². The molecule has 1 aromatic rings. The first-order valence-corrected chi connectivity index (χ1v) is 4.68. The number of hydrogen-bond donors (Lipinski definition) is 1. The average molecular weight is 179 g/mol. The second-order valence-electron chi connectivity index (χ2n) is 3.24. The lowest BCUT2D eigenvalue weighted by atomic mass is 10.0. The van der Waals surface area contributed by atoms with Gasteiger partial charge in [0.1, 0.15) is 0 Å². The van der Waals surface area contributed by atoms with Crippen LogP contribution < -0.4 is 5.90 Å². The second-order valence-corrected chi connectivity index (χ2v) is 3.24. The summed E-state index contributed by atoms with van der Waals surface area (Å²) in [5.41, 5.74) is 4.02. The fourth-order valence-corrected chi connectivity index (χ4v) is 1.38. The van der Waals surface area contributed by atoms with Crippen LogP contribution in [0.15, 0.2) is 18.2 Å². The lowest BCUT2D eigenvalue weighted by Gasteiger charge is -2.06. The summed E-state index contributed by atoms with van der Waals surface area (Å²) >= 11 is 0. The van der Waals surface area contributed by atoms with Gasteiger partial charge in [-0.3, -0.25) is 0 Å². The van der Waals surface area contributed by atoms with Crippen molar-refractivity contribution in [1.82, 2.24) is 0 Å². The molecule has 0 aliphatic rings. The first-order chi connectivity index (χ1) is 6.27. The van der Waals surface area contributed by atoms with E-state index in [1.807, 2.05) is 0 Å². The molecule has 0 amide bonds. The first-order valence-electron chi connectivity index (χ1n) is 4.68. The maximum Gasteiger partial charge on any atom is 0.0719 e. The summed E-state index contributed by atoms with van der Waals surface area (Å²) in [6.45, 7) is 4.87. The normalized spacial score (nSPS) is 10.4. The molecule has 0 aromatic heterocycles. The standard InChI is InChI=1S/C11H17NO/c1-3-10-5-4-9(2)11(8-10)6-7-13-12/h4-5,8H,3,6-7,12H2,1-2H3. The third-order valence-corrected chi connectivity index (χ3v) is 2.31. The molecule has 0 spiro atoms. The van der Waals surface area contributed by atoms with Crippen molar-refractivity contribution in [2.45, 2.75) is 26.7 Å². The Morgan fingerprint density at radius 2 is 2.15 bits per heavy atom. The van der Waals surface area contributed by atoms with Gasteiger partial charge in [0.15, 0.2) is 0 Å². The van der Waals surface area contributed by atoms with Crippen LogP contribution in [0.3, 0.4) is 0 Å². The topological polar surface area (TPSA) is 35.2 Å². The van der Waals surface area contributed by atoms with Crippen LogP contribution in [0, 0.1) is 6.92 Å². The second kappa shape index (κ2) is 5.00. The van der Waals surface area contributed by atoms with Crippen molar-refractivity contribution >= 4 is 0 Å². The van der Waals surface area contributed by atoms with Gasteiger partial charge >= 0.3 is 0 Å². The largest absolute Gasteiger partial charge is 0.304 e. The molecule has 1 aromatic carbocycles. The molecule has 0 aliphatic heterocycles. The van der Waals surface area contributed by atoms with Crippen LogP contribution >= 0.6 is 0 Å². The zero-order valence-electron chi connectivity index (χ0n) is 8.34. The molecule has 0 heterocycles. The number of aryl methyl sites for hydroxylation is 2. The highest BCUT2D eigenvalue weighted by molar-refractivity contribution is 5.31. The van der Waals surface area contributed by atoms with Gasteiger partial charge in [0, 0.05) is 0 Å². The SMILES string of the molecule is CCc1ccc(C)c(CCON)c1. The molecule has 72 valence electrons. The highest BCUT2D eigenvalue weighted by Crippen LogP contribution is 2.12. The molecular formula is C11H17NO. The van der Waals surface area contributed by atoms with Gasteiger partial charge in [0.05, 0.1) is 6.61 Å². The van der Waals surface area contributed by atoms with Crippen LogP contribution in [0.5, 0.6) is 0 Å². The minimum atomic E-state index is 0.591. The van der Waals surface area contributed by atoms with E-state index in [4.69, 9.17) is 5.90 Å². The Labute approximate surface area is 79.7 Å². The lowest BCUT2D eigenvalue weighted by Crippen LogP contribution is -2.05. The molecular weight excluding hydrogens is 162 g/mol. The van der Waals surface area contributed by atoms with Crippen LogP contribution in [-0.2, 0) is 17.7 Å². The van der Waals surface area contributed by atoms with E-state index in [-0.39, 0.29) is 0 Å². The van der Waals surface area contributed by atoms with E-state index in [1.54, 1.807) is 0 Å². The summed E-state index contributed by atoms with van der Waals surface area (Å²) in [5.74, 6) is 5.00. The lowest BCUT2D eigenvalue weighted by molar-refractivity contribution is 0.141. The summed E-state index contributed by atoms with van der Waals surface area (Å²) in [4.78, 5) is 4.57. The van der Waals surface area contributed by atoms with Gasteiger partial charge in [-0.05, 0) is 36.5 Å². The molecule has 13 heavy (non-hydrogen) atoms. The van der Waals surface area contributed by atoms with Crippen molar-refractivity contribution in [1.29, 1.82) is 0 Å².